The molecule has 2 heterocycles. The Labute approximate surface area is 100 Å². The quantitative estimate of drug-likeness (QED) is 0.435. The molecule has 0 bridgehead atoms. The van der Waals surface area contributed by atoms with Crippen LogP contribution in [0.3, 0.4) is 0 Å². The van der Waals surface area contributed by atoms with E-state index in [0.717, 1.165) is 6.07 Å². The molecule has 4 atom stereocenters. The van der Waals surface area contributed by atoms with Gasteiger partial charge in [-0.1, -0.05) is 0 Å². The van der Waals surface area contributed by atoms with E-state index in [1.807, 2.05) is 0 Å². The number of halogens is 1. The van der Waals surface area contributed by atoms with E-state index in [4.69, 9.17) is 15.6 Å². The van der Waals surface area contributed by atoms with E-state index in [1.165, 1.54) is 0 Å². The molecule has 0 aromatic carbocycles. The Bertz CT molecular complexity index is 507. The van der Waals surface area contributed by atoms with Crippen LogP contribution >= 0.6 is 0 Å². The van der Waals surface area contributed by atoms with Gasteiger partial charge in [-0.25, -0.2) is 9.36 Å². The molecule has 2 rings (SSSR count). The first-order chi connectivity index (χ1) is 8.45. The minimum Gasteiger partial charge on any atom is -0.394 e. The second kappa shape index (κ2) is 4.61. The number of hydrogen-bond acceptors (Lipinski definition) is 7. The highest BCUT2D eigenvalue weighted by molar-refractivity contribution is 5.24. The van der Waals surface area contributed by atoms with Gasteiger partial charge in [0, 0.05) is 6.07 Å². The molecule has 0 amide bonds. The van der Waals surface area contributed by atoms with Crippen LogP contribution < -0.4 is 11.4 Å². The van der Waals surface area contributed by atoms with Crippen molar-refractivity contribution < 1.29 is 24.4 Å². The summed E-state index contributed by atoms with van der Waals surface area (Å²) in [5.41, 5.74) is 4.13. The third-order valence-electron chi connectivity index (χ3n) is 2.70. The highest BCUT2D eigenvalue weighted by Gasteiger charge is 2.44. The van der Waals surface area contributed by atoms with Crippen LogP contribution in [0.2, 0.25) is 0 Å². The predicted octanol–water partition coefficient (Wildman–Crippen LogP) is -2.42. The Balaban J connectivity index is 2.42. The molecule has 100 valence electrons. The first-order valence-electron chi connectivity index (χ1n) is 5.12. The number of anilines is 1. The van der Waals surface area contributed by atoms with Crippen molar-refractivity contribution in [2.24, 2.45) is 0 Å². The molecule has 1 unspecified atom stereocenters. The van der Waals surface area contributed by atoms with Gasteiger partial charge in [0.2, 0.25) is 5.95 Å². The van der Waals surface area contributed by atoms with E-state index < -0.39 is 42.8 Å². The average molecular weight is 261 g/mol. The molecule has 1 aromatic heterocycles. The lowest BCUT2D eigenvalue weighted by Gasteiger charge is -2.17. The molecule has 9 heteroatoms. The van der Waals surface area contributed by atoms with Crippen LogP contribution in [0.4, 0.5) is 10.2 Å². The molecule has 0 spiro atoms. The van der Waals surface area contributed by atoms with Crippen LogP contribution in [0.25, 0.3) is 0 Å². The van der Waals surface area contributed by atoms with Gasteiger partial charge >= 0.3 is 5.69 Å². The Morgan fingerprint density at radius 3 is 2.67 bits per heavy atom. The summed E-state index contributed by atoms with van der Waals surface area (Å²) in [7, 11) is 0. The van der Waals surface area contributed by atoms with Gasteiger partial charge in [-0.2, -0.15) is 9.37 Å². The van der Waals surface area contributed by atoms with Gasteiger partial charge in [-0.15, -0.1) is 0 Å². The number of aliphatic hydroxyl groups excluding tert-OH is 3. The lowest BCUT2D eigenvalue weighted by molar-refractivity contribution is -0.0599. The van der Waals surface area contributed by atoms with Crippen LogP contribution in [0, 0.1) is 5.95 Å². The van der Waals surface area contributed by atoms with E-state index in [2.05, 4.69) is 4.98 Å². The maximum atomic E-state index is 13.6. The number of aliphatic hydroxyl groups is 3. The molecule has 8 nitrogen and oxygen atoms in total. The summed E-state index contributed by atoms with van der Waals surface area (Å²) in [4.78, 5) is 14.8. The molecule has 0 radical (unpaired) electrons. The molecule has 1 fully saturated rings. The van der Waals surface area contributed by atoms with Crippen molar-refractivity contribution in [3.8, 4) is 0 Å². The normalized spacial score (nSPS) is 31.8. The summed E-state index contributed by atoms with van der Waals surface area (Å²) in [5.74, 6) is -1.36. The fourth-order valence-corrected chi connectivity index (χ4v) is 1.80. The van der Waals surface area contributed by atoms with Crippen LogP contribution in [-0.4, -0.2) is 49.8 Å². The van der Waals surface area contributed by atoms with E-state index in [0.29, 0.717) is 4.57 Å². The summed E-state index contributed by atoms with van der Waals surface area (Å²) >= 11 is 0. The summed E-state index contributed by atoms with van der Waals surface area (Å²) in [6.07, 6.45) is -5.55. The minimum absolute atomic E-state index is 0.305. The summed E-state index contributed by atoms with van der Waals surface area (Å²) in [5, 5.41) is 28.1. The predicted molar refractivity (Wildman–Crippen MR) is 55.9 cm³/mol. The van der Waals surface area contributed by atoms with Crippen LogP contribution in [0.15, 0.2) is 10.9 Å². The number of aromatic nitrogens is 2. The third kappa shape index (κ3) is 1.97. The van der Waals surface area contributed by atoms with Crippen molar-refractivity contribution in [1.82, 2.24) is 9.55 Å². The zero-order valence-corrected chi connectivity index (χ0v) is 9.10. The van der Waals surface area contributed by atoms with Crippen molar-refractivity contribution in [3.63, 3.8) is 0 Å². The lowest BCUT2D eigenvalue weighted by Crippen LogP contribution is -2.37. The van der Waals surface area contributed by atoms with Crippen molar-refractivity contribution in [2.45, 2.75) is 24.5 Å². The monoisotopic (exact) mass is 261 g/mol. The van der Waals surface area contributed by atoms with Gasteiger partial charge in [0.15, 0.2) is 6.23 Å². The maximum absolute atomic E-state index is 13.6. The fourth-order valence-electron chi connectivity index (χ4n) is 1.80. The molecule has 1 aliphatic heterocycles. The molecule has 5 N–H and O–H groups in total. The van der Waals surface area contributed by atoms with Crippen LogP contribution in [-0.2, 0) is 4.74 Å². The number of nitrogens with zero attached hydrogens (tertiary/aromatic N) is 2. The Hall–Kier alpha value is -1.55. The van der Waals surface area contributed by atoms with Crippen molar-refractivity contribution >= 4 is 5.82 Å². The van der Waals surface area contributed by atoms with E-state index >= 15 is 0 Å². The van der Waals surface area contributed by atoms with Gasteiger partial charge in [-0.05, 0) is 0 Å². The maximum Gasteiger partial charge on any atom is 0.353 e. The van der Waals surface area contributed by atoms with E-state index in [1.54, 1.807) is 0 Å². The number of rotatable bonds is 2. The minimum atomic E-state index is -1.56. The molecule has 0 saturated carbocycles. The van der Waals surface area contributed by atoms with E-state index in [-0.39, 0.29) is 5.82 Å². The largest absolute Gasteiger partial charge is 0.394 e. The van der Waals surface area contributed by atoms with Crippen LogP contribution in [0.1, 0.15) is 6.23 Å². The van der Waals surface area contributed by atoms with Crippen molar-refractivity contribution in [2.75, 3.05) is 12.3 Å². The zero-order chi connectivity index (χ0) is 13.4. The standard InChI is InChI=1S/C9H12FN3O5/c10-4-1-5(11)12-9(17)13(4)8-7(16)6(15)3(2-14)18-8/h1,3,6-8,14-16H,2H2,(H2,11,12,17)/t3-,6-,7-,8?/m1/s1. The molecular formula is C9H12FN3O5. The van der Waals surface area contributed by atoms with Gasteiger partial charge in [0.05, 0.1) is 6.61 Å². The molecule has 18 heavy (non-hydrogen) atoms. The Kier molecular flexibility index (Phi) is 3.30. The number of nitrogen functional groups attached to an aromatic ring is 1. The highest BCUT2D eigenvalue weighted by atomic mass is 19.1. The fraction of sp³-hybridized carbons (Fsp3) is 0.556. The van der Waals surface area contributed by atoms with Crippen molar-refractivity contribution in [1.29, 1.82) is 0 Å². The number of nitrogens with two attached hydrogens (primary N) is 1. The zero-order valence-electron chi connectivity index (χ0n) is 9.10. The van der Waals surface area contributed by atoms with Gasteiger partial charge in [-0.3, -0.25) is 0 Å². The molecule has 1 saturated heterocycles. The summed E-state index contributed by atoms with van der Waals surface area (Å²) in [6.45, 7) is -0.576. The number of hydrogen-bond donors (Lipinski definition) is 4. The van der Waals surface area contributed by atoms with Crippen LogP contribution in [0.5, 0.6) is 0 Å². The first-order valence-corrected chi connectivity index (χ1v) is 5.12. The molecule has 0 aliphatic carbocycles. The van der Waals surface area contributed by atoms with Gasteiger partial charge in [0.1, 0.15) is 24.1 Å². The Morgan fingerprint density at radius 2 is 2.17 bits per heavy atom. The highest BCUT2D eigenvalue weighted by Crippen LogP contribution is 2.28. The molecule has 1 aromatic rings. The molecule has 1 aliphatic rings. The third-order valence-corrected chi connectivity index (χ3v) is 2.70. The number of ether oxygens (including phenoxy) is 1. The second-order valence-corrected chi connectivity index (χ2v) is 3.89. The lowest BCUT2D eigenvalue weighted by atomic mass is 10.1. The average Bonchev–Trinajstić information content (AvgIpc) is 2.56. The smallest absolute Gasteiger partial charge is 0.353 e. The molecular weight excluding hydrogens is 249 g/mol. The first kappa shape index (κ1) is 12.9. The second-order valence-electron chi connectivity index (χ2n) is 3.89. The van der Waals surface area contributed by atoms with E-state index in [9.17, 15) is 19.4 Å². The van der Waals surface area contributed by atoms with Crippen molar-refractivity contribution in [3.05, 3.63) is 22.5 Å². The summed E-state index contributed by atoms with van der Waals surface area (Å²) in [6, 6.07) is 0.788. The summed E-state index contributed by atoms with van der Waals surface area (Å²) < 4.78 is 19.0. The topological polar surface area (TPSA) is 131 Å². The van der Waals surface area contributed by atoms with Gasteiger partial charge < -0.3 is 25.8 Å². The SMILES string of the molecule is Nc1cc(F)n(C2O[C@H](CO)[C@@H](O)[C@H]2O)c(=O)n1. The Morgan fingerprint density at radius 1 is 1.50 bits per heavy atom. The van der Waals surface area contributed by atoms with Gasteiger partial charge in [0.25, 0.3) is 0 Å².